The molecule has 0 rings (SSSR count). The quantitative estimate of drug-likeness (QED) is 0.140. The molecule has 0 aromatic heterocycles. The molecule has 15 heteroatoms. The SMILES string of the molecule is CC(/C=C/C=C/C=C/C(N=[N+]=[N-])N=[N+]=[N-])N=[N+]=[N-].[N-]=[N+]=N/C=C/C=C/C=C/N=[N+]=[N-]. The van der Waals surface area contributed by atoms with E-state index in [1.165, 1.54) is 18.5 Å². The Balaban J connectivity index is 0. The van der Waals surface area contributed by atoms with Crippen molar-refractivity contribution in [1.29, 1.82) is 0 Å². The van der Waals surface area contributed by atoms with E-state index in [-0.39, 0.29) is 6.04 Å². The largest absolute Gasteiger partial charge is 0.134 e. The van der Waals surface area contributed by atoms with Gasteiger partial charge in [0.05, 0.1) is 6.04 Å². The Morgan fingerprint density at radius 1 is 0.533 bits per heavy atom. The van der Waals surface area contributed by atoms with Crippen molar-refractivity contribution in [3.8, 4) is 0 Å². The molecule has 0 aromatic carbocycles. The molecular weight excluding hydrogens is 390 g/mol. The Bertz CT molecular complexity index is 858. The highest BCUT2D eigenvalue weighted by atomic mass is 15.3. The summed E-state index contributed by atoms with van der Waals surface area (Å²) in [6.45, 7) is 1.75. The predicted molar refractivity (Wildman–Crippen MR) is 114 cm³/mol. The molecule has 0 saturated carbocycles. The molecular formula is C15H17N15. The predicted octanol–water partition coefficient (Wildman–Crippen LogP) is 7.49. The first-order valence-electron chi connectivity index (χ1n) is 7.87. The van der Waals surface area contributed by atoms with E-state index >= 15 is 0 Å². The Morgan fingerprint density at radius 2 is 0.967 bits per heavy atom. The molecule has 152 valence electrons. The first kappa shape index (κ1) is 27.2. The van der Waals surface area contributed by atoms with Gasteiger partial charge in [0.15, 0.2) is 0 Å². The Labute approximate surface area is 170 Å². The van der Waals surface area contributed by atoms with E-state index in [0.29, 0.717) is 0 Å². The lowest BCUT2D eigenvalue weighted by Crippen LogP contribution is -1.89. The molecule has 0 aliphatic carbocycles. The fourth-order valence-corrected chi connectivity index (χ4v) is 1.21. The van der Waals surface area contributed by atoms with Crippen LogP contribution in [-0.4, -0.2) is 12.2 Å². The lowest BCUT2D eigenvalue weighted by Gasteiger charge is -1.91. The molecule has 0 heterocycles. The number of allylic oxidation sites excluding steroid dienone is 8. The van der Waals surface area contributed by atoms with Crippen LogP contribution in [0.3, 0.4) is 0 Å². The van der Waals surface area contributed by atoms with Gasteiger partial charge in [-0.3, -0.25) is 0 Å². The lowest BCUT2D eigenvalue weighted by molar-refractivity contribution is 0.852. The highest BCUT2D eigenvalue weighted by Gasteiger charge is 1.93. The summed E-state index contributed by atoms with van der Waals surface area (Å²) in [6, 6.07) is -0.220. The minimum atomic E-state index is -0.879. The van der Waals surface area contributed by atoms with Gasteiger partial charge in [-0.15, -0.1) is 0 Å². The van der Waals surface area contributed by atoms with Gasteiger partial charge in [0, 0.05) is 37.0 Å². The van der Waals surface area contributed by atoms with Gasteiger partial charge in [-0.25, -0.2) is 0 Å². The molecule has 0 amide bonds. The van der Waals surface area contributed by atoms with Crippen molar-refractivity contribution < 1.29 is 0 Å². The first-order chi connectivity index (χ1) is 14.7. The Hall–Kier alpha value is -5.01. The fraction of sp³-hybridized carbons (Fsp3) is 0.200. The molecule has 0 aromatic rings. The maximum atomic E-state index is 8.19. The number of hydrogen-bond donors (Lipinski definition) is 0. The van der Waals surface area contributed by atoms with Crippen LogP contribution in [-0.2, 0) is 0 Å². The van der Waals surface area contributed by atoms with Crippen LogP contribution < -0.4 is 0 Å². The summed E-state index contributed by atoms with van der Waals surface area (Å²) < 4.78 is 0. The van der Waals surface area contributed by atoms with Crippen LogP contribution in [0.1, 0.15) is 6.92 Å². The van der Waals surface area contributed by atoms with E-state index in [4.69, 9.17) is 27.7 Å². The van der Waals surface area contributed by atoms with Gasteiger partial charge >= 0.3 is 0 Å². The van der Waals surface area contributed by atoms with Crippen LogP contribution in [0.2, 0.25) is 0 Å². The fourth-order valence-electron chi connectivity index (χ4n) is 1.21. The van der Waals surface area contributed by atoms with Crippen LogP contribution >= 0.6 is 0 Å². The van der Waals surface area contributed by atoms with E-state index in [1.807, 2.05) is 0 Å². The third kappa shape index (κ3) is 23.0. The molecule has 0 fully saturated rings. The van der Waals surface area contributed by atoms with E-state index in [9.17, 15) is 0 Å². The maximum Gasteiger partial charge on any atom is 0.134 e. The second-order valence-corrected chi connectivity index (χ2v) is 4.40. The van der Waals surface area contributed by atoms with Crippen LogP contribution in [0.15, 0.2) is 98.7 Å². The third-order valence-corrected chi connectivity index (χ3v) is 2.32. The second-order valence-electron chi connectivity index (χ2n) is 4.40. The summed E-state index contributed by atoms with van der Waals surface area (Å²) in [5, 5.41) is 16.2. The van der Waals surface area contributed by atoms with Crippen LogP contribution in [0.4, 0.5) is 0 Å². The Morgan fingerprint density at radius 3 is 1.40 bits per heavy atom. The molecule has 0 N–H and O–H groups in total. The minimum Gasteiger partial charge on any atom is -0.0868 e. The van der Waals surface area contributed by atoms with E-state index in [2.05, 4.69) is 50.1 Å². The molecule has 1 atom stereocenters. The average molecular weight is 407 g/mol. The summed E-state index contributed by atoms with van der Waals surface area (Å²) in [7, 11) is 0. The Kier molecular flexibility index (Phi) is 21.8. The molecule has 0 aliphatic rings. The van der Waals surface area contributed by atoms with Crippen molar-refractivity contribution in [2.45, 2.75) is 19.1 Å². The van der Waals surface area contributed by atoms with Crippen molar-refractivity contribution in [3.05, 3.63) is 125 Å². The van der Waals surface area contributed by atoms with Gasteiger partial charge in [0.25, 0.3) is 0 Å². The summed E-state index contributed by atoms with van der Waals surface area (Å²) in [6.07, 6.45) is 17.9. The van der Waals surface area contributed by atoms with Gasteiger partial charge in [0.2, 0.25) is 0 Å². The second kappa shape index (κ2) is 24.0. The van der Waals surface area contributed by atoms with Crippen molar-refractivity contribution >= 4 is 0 Å². The smallest absolute Gasteiger partial charge is 0.0868 e. The van der Waals surface area contributed by atoms with Crippen LogP contribution in [0, 0.1) is 0 Å². The zero-order chi connectivity index (χ0) is 22.7. The highest BCUT2D eigenvalue weighted by molar-refractivity contribution is 5.14. The number of rotatable bonds is 11. The normalized spacial score (nSPS) is 12.4. The monoisotopic (exact) mass is 407 g/mol. The number of nitrogens with zero attached hydrogens (tertiary/aromatic N) is 15. The van der Waals surface area contributed by atoms with Gasteiger partial charge in [-0.2, -0.15) is 0 Å². The summed E-state index contributed by atoms with van der Waals surface area (Å²) >= 11 is 0. The lowest BCUT2D eigenvalue weighted by atomic mass is 10.3. The van der Waals surface area contributed by atoms with Crippen LogP contribution in [0.25, 0.3) is 52.2 Å². The average Bonchev–Trinajstić information content (AvgIpc) is 2.73. The van der Waals surface area contributed by atoms with Crippen molar-refractivity contribution in [2.75, 3.05) is 0 Å². The molecule has 0 spiro atoms. The molecule has 0 saturated heterocycles. The first-order valence-corrected chi connectivity index (χ1v) is 7.87. The van der Waals surface area contributed by atoms with Gasteiger partial charge < -0.3 is 0 Å². The van der Waals surface area contributed by atoms with Crippen molar-refractivity contribution in [2.24, 2.45) is 25.6 Å². The molecule has 0 radical (unpaired) electrons. The standard InChI is InChI=1S/C9H11N9.C6H6N6/c1-8(13-16-10)6-4-2-3-5-7-9(14-17-11)15-18-12;7-11-9-5-3-1-2-4-6-10-12-8/h2-9H,1H3;1-6H/b3-2+,6-4+,7-5+;2-1+,5-3+,6-4+. The van der Waals surface area contributed by atoms with Gasteiger partial charge in [0.1, 0.15) is 6.17 Å². The highest BCUT2D eigenvalue weighted by Crippen LogP contribution is 1.98. The zero-order valence-electron chi connectivity index (χ0n) is 15.8. The molecule has 1 unspecified atom stereocenters. The van der Waals surface area contributed by atoms with Crippen LogP contribution in [0.5, 0.6) is 0 Å². The van der Waals surface area contributed by atoms with Gasteiger partial charge in [-0.05, 0) is 27.7 Å². The number of azide groups is 4. The van der Waals surface area contributed by atoms with Gasteiger partial charge in [-0.1, -0.05) is 93.3 Å². The molecule has 15 nitrogen and oxygen atoms in total. The molecule has 0 bridgehead atoms. The molecule has 30 heavy (non-hydrogen) atoms. The number of hydrogen-bond acceptors (Lipinski definition) is 5. The summed E-state index contributed by atoms with van der Waals surface area (Å²) in [5.41, 5.74) is 40.2. The molecule has 0 aliphatic heterocycles. The van der Waals surface area contributed by atoms with Crippen molar-refractivity contribution in [1.82, 2.24) is 0 Å². The maximum absolute atomic E-state index is 8.19. The third-order valence-electron chi connectivity index (χ3n) is 2.32. The van der Waals surface area contributed by atoms with E-state index < -0.39 is 6.17 Å². The summed E-state index contributed by atoms with van der Waals surface area (Å²) in [5.74, 6) is 0. The van der Waals surface area contributed by atoms with E-state index in [0.717, 1.165) is 0 Å². The van der Waals surface area contributed by atoms with E-state index in [1.54, 1.807) is 61.6 Å². The summed E-state index contributed by atoms with van der Waals surface area (Å²) in [4.78, 5) is 12.7. The zero-order valence-corrected chi connectivity index (χ0v) is 15.8. The van der Waals surface area contributed by atoms with Crippen molar-refractivity contribution in [3.63, 3.8) is 0 Å². The topological polar surface area (TPSA) is 244 Å². The minimum absolute atomic E-state index is 0.220.